The maximum Gasteiger partial charge on any atom is 0.573 e. The lowest BCUT2D eigenvalue weighted by Crippen LogP contribution is -2.53. The zero-order valence-electron chi connectivity index (χ0n) is 17.7. The molecule has 2 amide bonds. The SMILES string of the molecule is O=C(NC(Cc1ccc(F)cc1)C(=O)N1CCC2OCC(=O)C21)c1ccc(OC(F)(F)F)cc1. The highest BCUT2D eigenvalue weighted by Crippen LogP contribution is 2.28. The Labute approximate surface area is 191 Å². The number of nitrogens with zero attached hydrogens (tertiary/aromatic N) is 1. The molecule has 2 saturated heterocycles. The predicted octanol–water partition coefficient (Wildman–Crippen LogP) is 2.63. The molecule has 3 atom stereocenters. The third kappa shape index (κ3) is 5.36. The summed E-state index contributed by atoms with van der Waals surface area (Å²) in [6.07, 6.45) is -4.76. The number of rotatable bonds is 6. The number of hydrogen-bond acceptors (Lipinski definition) is 5. The first-order chi connectivity index (χ1) is 16.1. The summed E-state index contributed by atoms with van der Waals surface area (Å²) >= 11 is 0. The molecule has 3 unspecified atom stereocenters. The van der Waals surface area contributed by atoms with Crippen LogP contribution in [0.1, 0.15) is 22.3 Å². The minimum atomic E-state index is -4.87. The molecule has 2 fully saturated rings. The highest BCUT2D eigenvalue weighted by molar-refractivity contribution is 5.99. The number of carbonyl (C=O) groups is 3. The number of hydrogen-bond donors (Lipinski definition) is 1. The molecule has 0 spiro atoms. The van der Waals surface area contributed by atoms with Crippen LogP contribution in [0, 0.1) is 5.82 Å². The van der Waals surface area contributed by atoms with Gasteiger partial charge in [-0.15, -0.1) is 13.2 Å². The lowest BCUT2D eigenvalue weighted by Gasteiger charge is -2.27. The van der Waals surface area contributed by atoms with Gasteiger partial charge in [0.25, 0.3) is 5.91 Å². The second-order valence-electron chi connectivity index (χ2n) is 8.01. The number of fused-ring (bicyclic) bond motifs is 1. The van der Waals surface area contributed by atoms with Crippen molar-refractivity contribution in [2.24, 2.45) is 0 Å². The predicted molar refractivity (Wildman–Crippen MR) is 109 cm³/mol. The van der Waals surface area contributed by atoms with Crippen LogP contribution in [0.25, 0.3) is 0 Å². The van der Waals surface area contributed by atoms with E-state index >= 15 is 0 Å². The van der Waals surface area contributed by atoms with Gasteiger partial charge in [0.05, 0.1) is 6.10 Å². The number of nitrogens with one attached hydrogen (secondary N) is 1. The van der Waals surface area contributed by atoms with Gasteiger partial charge in [-0.3, -0.25) is 14.4 Å². The quantitative estimate of drug-likeness (QED) is 0.643. The molecule has 34 heavy (non-hydrogen) atoms. The number of amides is 2. The normalized spacial score (nSPS) is 20.7. The zero-order chi connectivity index (χ0) is 24.5. The fraction of sp³-hybridized carbons (Fsp3) is 0.348. The van der Waals surface area contributed by atoms with Crippen molar-refractivity contribution < 1.29 is 41.4 Å². The first-order valence-electron chi connectivity index (χ1n) is 10.5. The molecule has 2 heterocycles. The molecule has 2 aromatic carbocycles. The summed E-state index contributed by atoms with van der Waals surface area (Å²) in [4.78, 5) is 39.8. The minimum absolute atomic E-state index is 0.00556. The van der Waals surface area contributed by atoms with Crippen molar-refractivity contribution in [3.8, 4) is 5.75 Å². The third-order valence-corrected chi connectivity index (χ3v) is 5.70. The van der Waals surface area contributed by atoms with Crippen molar-refractivity contribution in [2.45, 2.75) is 37.4 Å². The lowest BCUT2D eigenvalue weighted by molar-refractivity contribution is -0.274. The van der Waals surface area contributed by atoms with E-state index in [4.69, 9.17) is 4.74 Å². The highest BCUT2D eigenvalue weighted by atomic mass is 19.4. The molecule has 2 aromatic rings. The van der Waals surface area contributed by atoms with Gasteiger partial charge >= 0.3 is 6.36 Å². The fourth-order valence-corrected chi connectivity index (χ4v) is 4.15. The Balaban J connectivity index is 1.53. The number of benzene rings is 2. The molecule has 180 valence electrons. The molecule has 0 aliphatic carbocycles. The molecule has 0 radical (unpaired) electrons. The van der Waals surface area contributed by atoms with Crippen LogP contribution in [0.3, 0.4) is 0 Å². The van der Waals surface area contributed by atoms with Crippen LogP contribution in [0.5, 0.6) is 5.75 Å². The summed E-state index contributed by atoms with van der Waals surface area (Å²) in [5.74, 6) is -2.38. The van der Waals surface area contributed by atoms with Gasteiger partial charge in [0.1, 0.15) is 30.3 Å². The van der Waals surface area contributed by atoms with Crippen LogP contribution < -0.4 is 10.1 Å². The Morgan fingerprint density at radius 2 is 1.79 bits per heavy atom. The van der Waals surface area contributed by atoms with E-state index in [1.165, 1.54) is 29.2 Å². The standard InChI is InChI=1S/C23H20F4N2O5/c24-15-5-1-13(2-6-15)11-17(22(32)29-10-9-19-20(29)18(30)12-33-19)28-21(31)14-3-7-16(8-4-14)34-23(25,26)27/h1-8,17,19-20H,9-12H2,(H,28,31). The zero-order valence-corrected chi connectivity index (χ0v) is 17.7. The third-order valence-electron chi connectivity index (χ3n) is 5.70. The van der Waals surface area contributed by atoms with Crippen molar-refractivity contribution in [1.82, 2.24) is 10.2 Å². The number of Topliss-reactive ketones (excluding diaryl/α,β-unsaturated/α-hetero) is 1. The summed E-state index contributed by atoms with van der Waals surface area (Å²) in [7, 11) is 0. The number of alkyl halides is 3. The van der Waals surface area contributed by atoms with Crippen LogP contribution in [-0.2, 0) is 20.7 Å². The monoisotopic (exact) mass is 480 g/mol. The van der Waals surface area contributed by atoms with E-state index in [2.05, 4.69) is 10.1 Å². The second-order valence-corrected chi connectivity index (χ2v) is 8.01. The van der Waals surface area contributed by atoms with Crippen LogP contribution in [0.4, 0.5) is 17.6 Å². The Bertz CT molecular complexity index is 1070. The molecule has 0 saturated carbocycles. The van der Waals surface area contributed by atoms with Crippen LogP contribution in [0.15, 0.2) is 48.5 Å². The molecule has 11 heteroatoms. The lowest BCUT2D eigenvalue weighted by atomic mass is 10.0. The summed E-state index contributed by atoms with van der Waals surface area (Å²) in [5.41, 5.74) is 0.574. The van der Waals surface area contributed by atoms with E-state index < -0.39 is 41.8 Å². The molecule has 2 aliphatic rings. The van der Waals surface area contributed by atoms with Crippen LogP contribution >= 0.6 is 0 Å². The fourth-order valence-electron chi connectivity index (χ4n) is 4.15. The van der Waals surface area contributed by atoms with Crippen molar-refractivity contribution in [1.29, 1.82) is 0 Å². The van der Waals surface area contributed by atoms with E-state index in [0.29, 0.717) is 12.0 Å². The molecule has 2 aliphatic heterocycles. The van der Waals surface area contributed by atoms with E-state index in [1.54, 1.807) is 0 Å². The molecule has 7 nitrogen and oxygen atoms in total. The number of halogens is 4. The molecule has 0 aromatic heterocycles. The van der Waals surface area contributed by atoms with Gasteiger partial charge in [0, 0.05) is 18.5 Å². The minimum Gasteiger partial charge on any atom is -0.406 e. The Morgan fingerprint density at radius 3 is 2.44 bits per heavy atom. The Hall–Kier alpha value is -3.47. The number of carbonyl (C=O) groups excluding carboxylic acids is 3. The Morgan fingerprint density at radius 1 is 1.12 bits per heavy atom. The first-order valence-corrected chi connectivity index (χ1v) is 10.5. The second kappa shape index (κ2) is 9.41. The molecule has 0 bridgehead atoms. The van der Waals surface area contributed by atoms with Crippen LogP contribution in [-0.4, -0.2) is 60.2 Å². The maximum absolute atomic E-state index is 13.4. The molecule has 1 N–H and O–H groups in total. The average Bonchev–Trinajstić information content (AvgIpc) is 3.36. The average molecular weight is 480 g/mol. The van der Waals surface area contributed by atoms with Gasteiger partial charge in [0.2, 0.25) is 5.91 Å². The van der Waals surface area contributed by atoms with Gasteiger partial charge in [-0.05, 0) is 48.4 Å². The van der Waals surface area contributed by atoms with E-state index in [9.17, 15) is 31.9 Å². The number of ether oxygens (including phenoxy) is 2. The van der Waals surface area contributed by atoms with E-state index in [0.717, 1.165) is 24.3 Å². The number of likely N-dealkylation sites (tertiary alicyclic amines) is 1. The van der Waals surface area contributed by atoms with Crippen molar-refractivity contribution in [3.05, 3.63) is 65.5 Å². The largest absolute Gasteiger partial charge is 0.573 e. The topological polar surface area (TPSA) is 84.9 Å². The smallest absolute Gasteiger partial charge is 0.406 e. The first kappa shape index (κ1) is 23.7. The van der Waals surface area contributed by atoms with Crippen molar-refractivity contribution in [3.63, 3.8) is 0 Å². The number of ketones is 1. The van der Waals surface area contributed by atoms with E-state index in [1.807, 2.05) is 0 Å². The molecule has 4 rings (SSSR count). The van der Waals surface area contributed by atoms with Gasteiger partial charge in [0.15, 0.2) is 5.78 Å². The van der Waals surface area contributed by atoms with Gasteiger partial charge in [-0.2, -0.15) is 0 Å². The molecular weight excluding hydrogens is 460 g/mol. The van der Waals surface area contributed by atoms with Gasteiger partial charge < -0.3 is 19.7 Å². The Kier molecular flexibility index (Phi) is 6.56. The summed E-state index contributed by atoms with van der Waals surface area (Å²) < 4.78 is 59.6. The summed E-state index contributed by atoms with van der Waals surface area (Å²) in [6, 6.07) is 7.80. The molecular formula is C23H20F4N2O5. The summed E-state index contributed by atoms with van der Waals surface area (Å²) in [6.45, 7) is 0.194. The van der Waals surface area contributed by atoms with E-state index in [-0.39, 0.29) is 37.0 Å². The van der Waals surface area contributed by atoms with Crippen molar-refractivity contribution in [2.75, 3.05) is 13.2 Å². The highest BCUT2D eigenvalue weighted by Gasteiger charge is 2.48. The van der Waals surface area contributed by atoms with Crippen LogP contribution in [0.2, 0.25) is 0 Å². The van der Waals surface area contributed by atoms with Gasteiger partial charge in [-0.1, -0.05) is 12.1 Å². The van der Waals surface area contributed by atoms with Crippen molar-refractivity contribution >= 4 is 17.6 Å². The summed E-state index contributed by atoms with van der Waals surface area (Å²) in [5, 5.41) is 2.60. The maximum atomic E-state index is 13.4. The van der Waals surface area contributed by atoms with Gasteiger partial charge in [-0.25, -0.2) is 4.39 Å².